The summed E-state index contributed by atoms with van der Waals surface area (Å²) in [4.78, 5) is 17.4. The van der Waals surface area contributed by atoms with E-state index in [0.29, 0.717) is 11.6 Å². The molecule has 0 saturated carbocycles. The summed E-state index contributed by atoms with van der Waals surface area (Å²) < 4.78 is 0. The summed E-state index contributed by atoms with van der Waals surface area (Å²) in [6.45, 7) is 9.44. The third-order valence-electron chi connectivity index (χ3n) is 5.31. The molecule has 0 aliphatic heterocycles. The van der Waals surface area contributed by atoms with Crippen molar-refractivity contribution >= 4 is 28.9 Å². The summed E-state index contributed by atoms with van der Waals surface area (Å²) >= 11 is 0. The Morgan fingerprint density at radius 2 is 1.17 bits per heavy atom. The van der Waals surface area contributed by atoms with Gasteiger partial charge in [-0.3, -0.25) is 0 Å². The summed E-state index contributed by atoms with van der Waals surface area (Å²) in [5, 5.41) is 10.3. The first-order valence-corrected chi connectivity index (χ1v) is 12.3. The van der Waals surface area contributed by atoms with Crippen molar-refractivity contribution in [3.63, 3.8) is 0 Å². The molecule has 0 aliphatic rings. The molecule has 2 heterocycles. The Kier molecular flexibility index (Phi) is 12.0. The van der Waals surface area contributed by atoms with Crippen molar-refractivity contribution in [1.29, 1.82) is 0 Å². The normalized spacial score (nSPS) is 11.2. The maximum atomic E-state index is 4.74. The van der Waals surface area contributed by atoms with Crippen LogP contribution in [0.1, 0.15) is 97.8 Å². The van der Waals surface area contributed by atoms with E-state index in [0.717, 1.165) is 56.2 Å². The lowest BCUT2D eigenvalue weighted by atomic mass is 10.2. The molecule has 30 heavy (non-hydrogen) atoms. The highest BCUT2D eigenvalue weighted by atomic mass is 15.2. The van der Waals surface area contributed by atoms with Crippen LogP contribution in [0.25, 0.3) is 11.2 Å². The number of hydrogen-bond donors (Lipinski definition) is 4. The Morgan fingerprint density at radius 1 is 0.600 bits per heavy atom. The van der Waals surface area contributed by atoms with Crippen LogP contribution in [0.15, 0.2) is 0 Å². The molecular formula is C23H43N7. The number of aromatic amines is 1. The molecule has 170 valence electrons. The molecule has 0 aromatic carbocycles. The van der Waals surface area contributed by atoms with Gasteiger partial charge in [-0.2, -0.15) is 15.0 Å². The molecule has 2 aromatic rings. The minimum atomic E-state index is 0.663. The molecule has 2 aromatic heterocycles. The quantitative estimate of drug-likeness (QED) is 0.212. The lowest BCUT2D eigenvalue weighted by molar-refractivity contribution is 0.682. The second-order valence-electron chi connectivity index (χ2n) is 8.14. The van der Waals surface area contributed by atoms with Crippen LogP contribution in [0, 0.1) is 0 Å². The standard InChI is InChI=1S/C23H43N7/c1-4-7-10-13-16-24-20-19-21(29-22(27-19)25-17-14-11-8-5-2)30-23(28-20)26-18-15-12-9-6-3/h4-18H2,1-3H3,(H4,24,25,26,27,28,29,30). The molecular weight excluding hydrogens is 374 g/mol. The van der Waals surface area contributed by atoms with Crippen LogP contribution >= 0.6 is 0 Å². The number of nitrogens with one attached hydrogen (secondary N) is 4. The lowest BCUT2D eigenvalue weighted by Gasteiger charge is -2.09. The Bertz CT molecular complexity index is 698. The van der Waals surface area contributed by atoms with Gasteiger partial charge in [0, 0.05) is 19.6 Å². The van der Waals surface area contributed by atoms with E-state index in [2.05, 4.69) is 51.7 Å². The Hall–Kier alpha value is -2.05. The topological polar surface area (TPSA) is 90.5 Å². The molecule has 2 rings (SSSR count). The molecule has 0 atom stereocenters. The van der Waals surface area contributed by atoms with Crippen LogP contribution in [-0.4, -0.2) is 39.6 Å². The van der Waals surface area contributed by atoms with Gasteiger partial charge in [0.05, 0.1) is 0 Å². The highest BCUT2D eigenvalue weighted by Crippen LogP contribution is 2.22. The molecule has 7 heteroatoms. The van der Waals surface area contributed by atoms with Crippen molar-refractivity contribution in [2.24, 2.45) is 0 Å². The van der Waals surface area contributed by atoms with Crippen molar-refractivity contribution in [1.82, 2.24) is 19.9 Å². The third-order valence-corrected chi connectivity index (χ3v) is 5.31. The van der Waals surface area contributed by atoms with E-state index in [1.807, 2.05) is 0 Å². The molecule has 0 fully saturated rings. The highest BCUT2D eigenvalue weighted by Gasteiger charge is 2.12. The maximum absolute atomic E-state index is 4.74. The number of rotatable bonds is 18. The molecule has 7 nitrogen and oxygen atoms in total. The number of aromatic nitrogens is 4. The zero-order chi connectivity index (χ0) is 21.4. The van der Waals surface area contributed by atoms with Crippen molar-refractivity contribution in [3.8, 4) is 0 Å². The van der Waals surface area contributed by atoms with Crippen LogP contribution in [0.4, 0.5) is 17.7 Å². The highest BCUT2D eigenvalue weighted by molar-refractivity contribution is 5.85. The number of H-pyrrole nitrogens is 1. The first-order valence-electron chi connectivity index (χ1n) is 12.3. The van der Waals surface area contributed by atoms with E-state index in [9.17, 15) is 0 Å². The van der Waals surface area contributed by atoms with Gasteiger partial charge in [0.2, 0.25) is 11.9 Å². The SMILES string of the molecule is CCCCCCNc1nc(NCCCCCC)c2[nH]c(NCCCCCC)nc2n1. The fourth-order valence-corrected chi connectivity index (χ4v) is 3.46. The Morgan fingerprint density at radius 3 is 1.77 bits per heavy atom. The monoisotopic (exact) mass is 417 g/mol. The van der Waals surface area contributed by atoms with Gasteiger partial charge in [-0.05, 0) is 19.3 Å². The van der Waals surface area contributed by atoms with Crippen LogP contribution in [0.2, 0.25) is 0 Å². The molecule has 0 aliphatic carbocycles. The van der Waals surface area contributed by atoms with E-state index in [1.54, 1.807) is 0 Å². The van der Waals surface area contributed by atoms with Gasteiger partial charge in [0.15, 0.2) is 11.5 Å². The summed E-state index contributed by atoms with van der Waals surface area (Å²) in [6, 6.07) is 0. The number of imidazole rings is 1. The first-order chi connectivity index (χ1) is 14.8. The molecule has 4 N–H and O–H groups in total. The predicted molar refractivity (Wildman–Crippen MR) is 130 cm³/mol. The molecule has 0 spiro atoms. The zero-order valence-corrected chi connectivity index (χ0v) is 19.4. The second-order valence-corrected chi connectivity index (χ2v) is 8.14. The maximum Gasteiger partial charge on any atom is 0.226 e. The molecule has 0 saturated heterocycles. The number of unbranched alkanes of at least 4 members (excludes halogenated alkanes) is 9. The van der Waals surface area contributed by atoms with E-state index < -0.39 is 0 Å². The smallest absolute Gasteiger partial charge is 0.226 e. The average Bonchev–Trinajstić information content (AvgIpc) is 3.16. The first kappa shape index (κ1) is 24.2. The lowest BCUT2D eigenvalue weighted by Crippen LogP contribution is -2.09. The van der Waals surface area contributed by atoms with Crippen molar-refractivity contribution in [3.05, 3.63) is 0 Å². The van der Waals surface area contributed by atoms with E-state index in [4.69, 9.17) is 4.98 Å². The van der Waals surface area contributed by atoms with Gasteiger partial charge in [-0.25, -0.2) is 0 Å². The number of nitrogens with zero attached hydrogens (tertiary/aromatic N) is 3. The van der Waals surface area contributed by atoms with Crippen molar-refractivity contribution in [2.45, 2.75) is 97.8 Å². The van der Waals surface area contributed by atoms with E-state index >= 15 is 0 Å². The van der Waals surface area contributed by atoms with Crippen LogP contribution < -0.4 is 16.0 Å². The largest absolute Gasteiger partial charge is 0.368 e. The van der Waals surface area contributed by atoms with Crippen molar-refractivity contribution < 1.29 is 0 Å². The summed E-state index contributed by atoms with van der Waals surface area (Å²) in [6.07, 6.45) is 14.8. The van der Waals surface area contributed by atoms with Gasteiger partial charge in [-0.1, -0.05) is 78.6 Å². The zero-order valence-electron chi connectivity index (χ0n) is 19.4. The fraction of sp³-hybridized carbons (Fsp3) is 0.783. The van der Waals surface area contributed by atoms with Gasteiger partial charge in [-0.15, -0.1) is 0 Å². The molecule has 0 radical (unpaired) electrons. The van der Waals surface area contributed by atoms with Gasteiger partial charge < -0.3 is 20.9 Å². The summed E-state index contributed by atoms with van der Waals surface area (Å²) in [7, 11) is 0. The molecule has 0 amide bonds. The number of anilines is 3. The fourth-order valence-electron chi connectivity index (χ4n) is 3.46. The van der Waals surface area contributed by atoms with Gasteiger partial charge in [0.1, 0.15) is 5.52 Å². The van der Waals surface area contributed by atoms with Crippen LogP contribution in [-0.2, 0) is 0 Å². The third kappa shape index (κ3) is 8.76. The Labute approximate surface area is 182 Å². The Balaban J connectivity index is 2.01. The predicted octanol–water partition coefficient (Wildman–Crippen LogP) is 6.33. The average molecular weight is 418 g/mol. The van der Waals surface area contributed by atoms with Gasteiger partial charge >= 0.3 is 0 Å². The minimum absolute atomic E-state index is 0.663. The molecule has 0 bridgehead atoms. The summed E-state index contributed by atoms with van der Waals surface area (Å²) in [5.74, 6) is 2.29. The summed E-state index contributed by atoms with van der Waals surface area (Å²) in [5.41, 5.74) is 1.60. The minimum Gasteiger partial charge on any atom is -0.368 e. The second kappa shape index (κ2) is 14.9. The number of hydrogen-bond acceptors (Lipinski definition) is 6. The van der Waals surface area contributed by atoms with Crippen LogP contribution in [0.5, 0.6) is 0 Å². The van der Waals surface area contributed by atoms with E-state index in [1.165, 1.54) is 57.8 Å². The van der Waals surface area contributed by atoms with Gasteiger partial charge in [0.25, 0.3) is 0 Å². The van der Waals surface area contributed by atoms with Crippen molar-refractivity contribution in [2.75, 3.05) is 35.6 Å². The number of fused-ring (bicyclic) bond motifs is 1. The molecule has 0 unspecified atom stereocenters. The van der Waals surface area contributed by atoms with E-state index in [-0.39, 0.29) is 0 Å². The van der Waals surface area contributed by atoms with Crippen LogP contribution in [0.3, 0.4) is 0 Å².